The molecule has 12 heteroatoms. The van der Waals surface area contributed by atoms with E-state index in [9.17, 15) is 14.4 Å². The van der Waals surface area contributed by atoms with E-state index in [1.807, 2.05) is 13.8 Å². The smallest absolute Gasteiger partial charge is 0.248 e. The summed E-state index contributed by atoms with van der Waals surface area (Å²) in [6.07, 6.45) is 5.00. The first-order valence-electron chi connectivity index (χ1n) is 15.2. The molecule has 4 aromatic rings. The van der Waals surface area contributed by atoms with Crippen LogP contribution in [0.1, 0.15) is 31.4 Å². The Labute approximate surface area is 277 Å². The predicted molar refractivity (Wildman–Crippen MR) is 179 cm³/mol. The van der Waals surface area contributed by atoms with E-state index in [1.54, 1.807) is 48.5 Å². The molecule has 47 heavy (non-hydrogen) atoms. The fourth-order valence-electron chi connectivity index (χ4n) is 4.93. The normalized spacial score (nSPS) is 15.0. The standard InChI is InChI=1S/C35H35ClFN5O5/c1-3-45-22(2)39-12-5-8-34(43)42-31-16-28-30(17-33(31)47-27-11-13-44-21-27)40-19-24(18-38)35(28)41-26-9-10-32(29(36)15-26)46-20-23-6-4-7-25(37)14-23/h4-10,14-17,19,22,27,39H,3,11-13,20-21H2,1-2H3,(H,40,41)(H,42,43)/b8-5+. The van der Waals surface area contributed by atoms with Crippen molar-refractivity contribution >= 4 is 45.5 Å². The van der Waals surface area contributed by atoms with Crippen molar-refractivity contribution in [2.45, 2.75) is 39.2 Å². The number of fused-ring (bicyclic) bond motifs is 1. The van der Waals surface area contributed by atoms with Gasteiger partial charge >= 0.3 is 0 Å². The summed E-state index contributed by atoms with van der Waals surface area (Å²) in [4.78, 5) is 17.5. The van der Waals surface area contributed by atoms with Gasteiger partial charge in [-0.2, -0.15) is 5.26 Å². The minimum atomic E-state index is -0.359. The van der Waals surface area contributed by atoms with Crippen LogP contribution >= 0.6 is 11.6 Å². The Morgan fingerprint density at radius 3 is 2.85 bits per heavy atom. The fraction of sp³-hybridized carbons (Fsp3) is 0.286. The Balaban J connectivity index is 1.40. The number of rotatable bonds is 14. The van der Waals surface area contributed by atoms with E-state index >= 15 is 0 Å². The third-order valence-electron chi connectivity index (χ3n) is 7.22. The average Bonchev–Trinajstić information content (AvgIpc) is 3.57. The zero-order chi connectivity index (χ0) is 33.2. The fourth-order valence-corrected chi connectivity index (χ4v) is 5.17. The number of aromatic nitrogens is 1. The van der Waals surface area contributed by atoms with E-state index in [0.717, 1.165) is 0 Å². The van der Waals surface area contributed by atoms with E-state index in [4.69, 9.17) is 30.5 Å². The van der Waals surface area contributed by atoms with E-state index in [-0.39, 0.29) is 36.2 Å². The summed E-state index contributed by atoms with van der Waals surface area (Å²) in [5.41, 5.74) is 2.96. The summed E-state index contributed by atoms with van der Waals surface area (Å²) in [5.74, 6) is 0.145. The van der Waals surface area contributed by atoms with Crippen molar-refractivity contribution in [3.63, 3.8) is 0 Å². The SMILES string of the molecule is CCOC(C)NC/C=C/C(=O)Nc1cc2c(Nc3ccc(OCc4cccc(F)c4)c(Cl)c3)c(C#N)cnc2cc1OC1CCOC1. The highest BCUT2D eigenvalue weighted by atomic mass is 35.5. The molecule has 3 aromatic carbocycles. The van der Waals surface area contributed by atoms with Gasteiger partial charge in [0.05, 0.1) is 40.7 Å². The van der Waals surface area contributed by atoms with Crippen LogP contribution in [-0.4, -0.2) is 49.6 Å². The van der Waals surface area contributed by atoms with E-state index in [0.29, 0.717) is 82.8 Å². The molecular weight excluding hydrogens is 625 g/mol. The first kappa shape index (κ1) is 33.6. The van der Waals surface area contributed by atoms with E-state index < -0.39 is 0 Å². The summed E-state index contributed by atoms with van der Waals surface area (Å²) >= 11 is 6.55. The maximum absolute atomic E-state index is 13.6. The largest absolute Gasteiger partial charge is 0.487 e. The maximum Gasteiger partial charge on any atom is 0.248 e. The molecule has 1 saturated heterocycles. The molecule has 0 spiro atoms. The summed E-state index contributed by atoms with van der Waals surface area (Å²) in [7, 11) is 0. The van der Waals surface area contributed by atoms with Crippen LogP contribution in [0, 0.1) is 17.1 Å². The van der Waals surface area contributed by atoms with Crippen LogP contribution in [0.3, 0.4) is 0 Å². The van der Waals surface area contributed by atoms with Gasteiger partial charge in [0.2, 0.25) is 5.91 Å². The lowest BCUT2D eigenvalue weighted by Crippen LogP contribution is -2.28. The minimum absolute atomic E-state index is 0.141. The van der Waals surface area contributed by atoms with Crippen molar-refractivity contribution in [2.24, 2.45) is 0 Å². The van der Waals surface area contributed by atoms with Gasteiger partial charge in [0.15, 0.2) is 0 Å². The van der Waals surface area contributed by atoms with Crippen molar-refractivity contribution in [3.05, 3.63) is 94.9 Å². The summed E-state index contributed by atoms with van der Waals surface area (Å²) < 4.78 is 36.5. The van der Waals surface area contributed by atoms with Gasteiger partial charge in [-0.1, -0.05) is 29.8 Å². The number of hydrogen-bond acceptors (Lipinski definition) is 9. The lowest BCUT2D eigenvalue weighted by molar-refractivity contribution is -0.111. The number of carbonyl (C=O) groups is 1. The maximum atomic E-state index is 13.6. The van der Waals surface area contributed by atoms with Gasteiger partial charge in [0.1, 0.15) is 42.3 Å². The highest BCUT2D eigenvalue weighted by Gasteiger charge is 2.21. The quantitative estimate of drug-likeness (QED) is 0.0983. The molecule has 5 rings (SSSR count). The molecule has 1 amide bonds. The molecule has 1 fully saturated rings. The van der Waals surface area contributed by atoms with Gasteiger partial charge in [0.25, 0.3) is 0 Å². The predicted octanol–water partition coefficient (Wildman–Crippen LogP) is 6.86. The van der Waals surface area contributed by atoms with Crippen LogP contribution in [0.25, 0.3) is 10.9 Å². The summed E-state index contributed by atoms with van der Waals surface area (Å²) in [6, 6.07) is 16.9. The van der Waals surface area contributed by atoms with Crippen molar-refractivity contribution in [1.82, 2.24) is 10.3 Å². The number of nitriles is 1. The molecule has 1 aliphatic heterocycles. The number of carbonyl (C=O) groups excluding carboxylic acids is 1. The Bertz CT molecular complexity index is 1790. The van der Waals surface area contributed by atoms with Crippen LogP contribution in [0.2, 0.25) is 5.02 Å². The van der Waals surface area contributed by atoms with Crippen molar-refractivity contribution in [3.8, 4) is 17.6 Å². The Morgan fingerprint density at radius 1 is 1.23 bits per heavy atom. The van der Waals surface area contributed by atoms with E-state index in [1.165, 1.54) is 24.4 Å². The average molecular weight is 660 g/mol. The van der Waals surface area contributed by atoms with Crippen molar-refractivity contribution < 1.29 is 28.1 Å². The number of pyridine rings is 1. The molecule has 0 saturated carbocycles. The number of benzene rings is 3. The van der Waals surface area contributed by atoms with E-state index in [2.05, 4.69) is 27.0 Å². The molecule has 1 aromatic heterocycles. The second kappa shape index (κ2) is 16.2. The van der Waals surface area contributed by atoms with Crippen LogP contribution in [-0.2, 0) is 20.9 Å². The zero-order valence-corrected chi connectivity index (χ0v) is 26.8. The van der Waals surface area contributed by atoms with Crippen LogP contribution < -0.4 is 25.4 Å². The highest BCUT2D eigenvalue weighted by Crippen LogP contribution is 2.38. The van der Waals surface area contributed by atoms with Crippen LogP contribution in [0.4, 0.5) is 21.5 Å². The number of ether oxygens (including phenoxy) is 4. The number of anilines is 3. The second-order valence-corrected chi connectivity index (χ2v) is 11.1. The number of amides is 1. The third-order valence-corrected chi connectivity index (χ3v) is 7.52. The topological polar surface area (TPSA) is 127 Å². The highest BCUT2D eigenvalue weighted by molar-refractivity contribution is 6.32. The van der Waals surface area contributed by atoms with Crippen molar-refractivity contribution in [1.29, 1.82) is 5.26 Å². The molecule has 2 atom stereocenters. The third kappa shape index (κ3) is 9.18. The molecular formula is C35H35ClFN5O5. The molecule has 244 valence electrons. The van der Waals surface area contributed by atoms with Gasteiger partial charge in [-0.3, -0.25) is 15.1 Å². The molecule has 1 aliphatic rings. The van der Waals surface area contributed by atoms with Crippen LogP contribution in [0.5, 0.6) is 11.5 Å². The lowest BCUT2D eigenvalue weighted by atomic mass is 10.1. The summed E-state index contributed by atoms with van der Waals surface area (Å²) in [5, 5.41) is 20.2. The van der Waals surface area contributed by atoms with Gasteiger partial charge in [0, 0.05) is 49.0 Å². The number of nitrogens with one attached hydrogen (secondary N) is 3. The molecule has 0 bridgehead atoms. The number of halogens is 2. The zero-order valence-electron chi connectivity index (χ0n) is 26.0. The molecule has 2 heterocycles. The molecule has 0 radical (unpaired) electrons. The van der Waals surface area contributed by atoms with Gasteiger partial charge in [-0.25, -0.2) is 4.39 Å². The lowest BCUT2D eigenvalue weighted by Gasteiger charge is -2.19. The van der Waals surface area contributed by atoms with Gasteiger partial charge < -0.3 is 29.6 Å². The molecule has 0 aliphatic carbocycles. The molecule has 2 unspecified atom stereocenters. The van der Waals surface area contributed by atoms with Gasteiger partial charge in [-0.05, 0) is 55.8 Å². The first-order valence-corrected chi connectivity index (χ1v) is 15.6. The van der Waals surface area contributed by atoms with Gasteiger partial charge in [-0.15, -0.1) is 0 Å². The number of hydrogen-bond donors (Lipinski definition) is 3. The second-order valence-electron chi connectivity index (χ2n) is 10.7. The molecule has 10 nitrogen and oxygen atoms in total. The van der Waals surface area contributed by atoms with Crippen molar-refractivity contribution in [2.75, 3.05) is 37.0 Å². The molecule has 3 N–H and O–H groups in total. The number of nitrogens with zero attached hydrogens (tertiary/aromatic N) is 2. The Hall–Kier alpha value is -4.73. The Kier molecular flexibility index (Phi) is 11.6. The minimum Gasteiger partial charge on any atom is -0.487 e. The Morgan fingerprint density at radius 2 is 2.11 bits per heavy atom. The monoisotopic (exact) mass is 659 g/mol. The van der Waals surface area contributed by atoms with Crippen LogP contribution in [0.15, 0.2) is 72.9 Å². The summed E-state index contributed by atoms with van der Waals surface area (Å²) in [6.45, 7) is 5.99. The first-order chi connectivity index (χ1) is 22.8.